The number of aromatic nitrogens is 2. The quantitative estimate of drug-likeness (QED) is 0.497. The van der Waals surface area contributed by atoms with E-state index in [1.54, 1.807) is 44.2 Å². The number of hydrogen-bond donors (Lipinski definition) is 2. The molecule has 0 aliphatic rings. The highest BCUT2D eigenvalue weighted by Crippen LogP contribution is 2.18. The maximum Gasteiger partial charge on any atom is 0.329 e. The minimum Gasteiger partial charge on any atom is -0.491 e. The third kappa shape index (κ3) is 5.70. The second-order valence-corrected chi connectivity index (χ2v) is 7.39. The van der Waals surface area contributed by atoms with Crippen molar-refractivity contribution in [3.05, 3.63) is 72.2 Å². The molecule has 0 saturated carbocycles. The van der Waals surface area contributed by atoms with Crippen LogP contribution >= 0.6 is 0 Å². The number of para-hydroxylation sites is 1. The molecule has 32 heavy (non-hydrogen) atoms. The average molecular weight is 440 g/mol. The molecule has 0 radical (unpaired) electrons. The van der Waals surface area contributed by atoms with Gasteiger partial charge in [0.2, 0.25) is 5.91 Å². The van der Waals surface area contributed by atoms with E-state index in [1.165, 1.54) is 23.9 Å². The first-order chi connectivity index (χ1) is 15.3. The third-order valence-electron chi connectivity index (χ3n) is 4.72. The Morgan fingerprint density at radius 2 is 1.81 bits per heavy atom. The molecule has 9 heteroatoms. The summed E-state index contributed by atoms with van der Waals surface area (Å²) in [5.74, 6) is -0.322. The molecule has 0 aliphatic carbocycles. The second-order valence-electron chi connectivity index (χ2n) is 7.39. The lowest BCUT2D eigenvalue weighted by Gasteiger charge is -2.27. The van der Waals surface area contributed by atoms with Gasteiger partial charge in [-0.1, -0.05) is 18.2 Å². The molecule has 1 aromatic heterocycles. The van der Waals surface area contributed by atoms with E-state index in [1.807, 2.05) is 18.2 Å². The first-order valence-corrected chi connectivity index (χ1v) is 9.94. The van der Waals surface area contributed by atoms with Gasteiger partial charge in [0.1, 0.15) is 29.5 Å². The Bertz CT molecular complexity index is 1070. The van der Waals surface area contributed by atoms with Crippen LogP contribution in [-0.4, -0.2) is 47.5 Å². The summed E-state index contributed by atoms with van der Waals surface area (Å²) in [6.07, 6.45) is 0. The molecule has 1 amide bonds. The lowest BCUT2D eigenvalue weighted by Crippen LogP contribution is -2.56. The molecular weight excluding hydrogens is 415 g/mol. The SMILES string of the molecule is COC(=O)C(C)(COc1ccccc1)NCC(=O)Nc1cc(C)nn1-c1ccc(F)cc1. The van der Waals surface area contributed by atoms with E-state index in [9.17, 15) is 14.0 Å². The first-order valence-electron chi connectivity index (χ1n) is 9.94. The molecule has 1 unspecified atom stereocenters. The topological polar surface area (TPSA) is 94.5 Å². The van der Waals surface area contributed by atoms with E-state index in [2.05, 4.69) is 15.7 Å². The van der Waals surface area contributed by atoms with E-state index in [4.69, 9.17) is 9.47 Å². The number of methoxy groups -OCH3 is 1. The molecule has 0 aliphatic heterocycles. The number of ether oxygens (including phenoxy) is 2. The fourth-order valence-electron chi connectivity index (χ4n) is 2.98. The van der Waals surface area contributed by atoms with Gasteiger partial charge >= 0.3 is 5.97 Å². The van der Waals surface area contributed by atoms with Crippen LogP contribution in [0.15, 0.2) is 60.7 Å². The minimum atomic E-state index is -1.25. The molecule has 3 rings (SSSR count). The van der Waals surface area contributed by atoms with Crippen molar-refractivity contribution in [2.75, 3.05) is 25.6 Å². The van der Waals surface area contributed by atoms with Crippen molar-refractivity contribution in [2.45, 2.75) is 19.4 Å². The summed E-state index contributed by atoms with van der Waals surface area (Å²) in [6, 6.07) is 16.5. The van der Waals surface area contributed by atoms with Crippen molar-refractivity contribution in [3.63, 3.8) is 0 Å². The number of nitrogens with zero attached hydrogens (tertiary/aromatic N) is 2. The van der Waals surface area contributed by atoms with Crippen LogP contribution in [0.2, 0.25) is 0 Å². The second kappa shape index (κ2) is 10.1. The van der Waals surface area contributed by atoms with Crippen molar-refractivity contribution in [1.82, 2.24) is 15.1 Å². The number of halogens is 1. The predicted octanol–water partition coefficient (Wildman–Crippen LogP) is 2.86. The van der Waals surface area contributed by atoms with Gasteiger partial charge in [0, 0.05) is 6.07 Å². The van der Waals surface area contributed by atoms with Crippen LogP contribution in [0.3, 0.4) is 0 Å². The number of hydrogen-bond acceptors (Lipinski definition) is 6. The molecule has 168 valence electrons. The molecule has 0 fully saturated rings. The van der Waals surface area contributed by atoms with Gasteiger partial charge in [-0.05, 0) is 50.2 Å². The number of anilines is 1. The summed E-state index contributed by atoms with van der Waals surface area (Å²) in [5, 5.41) is 10.0. The molecule has 0 bridgehead atoms. The molecule has 2 N–H and O–H groups in total. The maximum absolute atomic E-state index is 13.2. The van der Waals surface area contributed by atoms with E-state index in [0.29, 0.717) is 22.9 Å². The normalized spacial score (nSPS) is 12.6. The van der Waals surface area contributed by atoms with Crippen LogP contribution < -0.4 is 15.4 Å². The van der Waals surface area contributed by atoms with Crippen LogP contribution in [0.4, 0.5) is 10.2 Å². The molecule has 2 aromatic carbocycles. The number of carbonyl (C=O) groups is 2. The fraction of sp³-hybridized carbons (Fsp3) is 0.261. The number of nitrogens with one attached hydrogen (secondary N) is 2. The first kappa shape index (κ1) is 23.0. The van der Waals surface area contributed by atoms with Crippen molar-refractivity contribution >= 4 is 17.7 Å². The summed E-state index contributed by atoms with van der Waals surface area (Å²) < 4.78 is 25.3. The Kier molecular flexibility index (Phi) is 7.21. The Morgan fingerprint density at radius 1 is 1.12 bits per heavy atom. The number of carbonyl (C=O) groups excluding carboxylic acids is 2. The van der Waals surface area contributed by atoms with Gasteiger partial charge < -0.3 is 14.8 Å². The van der Waals surface area contributed by atoms with Gasteiger partial charge in [-0.2, -0.15) is 5.10 Å². The third-order valence-corrected chi connectivity index (χ3v) is 4.72. The fourth-order valence-corrected chi connectivity index (χ4v) is 2.98. The standard InChI is InChI=1S/C23H25FN4O4/c1-16-13-20(28(27-16)18-11-9-17(24)10-12-18)26-21(29)14-25-23(2,22(30)31-3)15-32-19-7-5-4-6-8-19/h4-13,25H,14-15H2,1-3H3,(H,26,29). The van der Waals surface area contributed by atoms with E-state index in [0.717, 1.165) is 0 Å². The minimum absolute atomic E-state index is 0.0381. The number of benzene rings is 2. The van der Waals surface area contributed by atoms with Crippen LogP contribution in [0.5, 0.6) is 5.75 Å². The monoisotopic (exact) mass is 440 g/mol. The highest BCUT2D eigenvalue weighted by Gasteiger charge is 2.35. The zero-order valence-electron chi connectivity index (χ0n) is 18.1. The number of amides is 1. The van der Waals surface area contributed by atoms with Gasteiger partial charge in [0.05, 0.1) is 25.0 Å². The zero-order valence-corrected chi connectivity index (χ0v) is 18.1. The molecular formula is C23H25FN4O4. The van der Waals surface area contributed by atoms with E-state index in [-0.39, 0.29) is 19.0 Å². The summed E-state index contributed by atoms with van der Waals surface area (Å²) in [7, 11) is 1.27. The lowest BCUT2D eigenvalue weighted by atomic mass is 10.0. The van der Waals surface area contributed by atoms with Gasteiger partial charge in [0.25, 0.3) is 0 Å². The van der Waals surface area contributed by atoms with Crippen molar-refractivity contribution in [2.24, 2.45) is 0 Å². The highest BCUT2D eigenvalue weighted by atomic mass is 19.1. The zero-order chi connectivity index (χ0) is 23.1. The Balaban J connectivity index is 1.67. The Morgan fingerprint density at radius 3 is 2.47 bits per heavy atom. The molecule has 8 nitrogen and oxygen atoms in total. The van der Waals surface area contributed by atoms with Crippen molar-refractivity contribution in [1.29, 1.82) is 0 Å². The van der Waals surface area contributed by atoms with Crippen LogP contribution in [0.1, 0.15) is 12.6 Å². The van der Waals surface area contributed by atoms with E-state index >= 15 is 0 Å². The average Bonchev–Trinajstić information content (AvgIpc) is 3.16. The Labute approximate surface area is 185 Å². The van der Waals surface area contributed by atoms with E-state index < -0.39 is 17.4 Å². The summed E-state index contributed by atoms with van der Waals surface area (Å²) >= 11 is 0. The number of rotatable bonds is 9. The highest BCUT2D eigenvalue weighted by molar-refractivity contribution is 5.92. The Hall–Kier alpha value is -3.72. The van der Waals surface area contributed by atoms with Gasteiger partial charge in [-0.15, -0.1) is 0 Å². The largest absolute Gasteiger partial charge is 0.491 e. The van der Waals surface area contributed by atoms with Gasteiger partial charge in [0.15, 0.2) is 0 Å². The molecule has 1 atom stereocenters. The molecule has 3 aromatic rings. The number of esters is 1. The number of aryl methyl sites for hydroxylation is 1. The van der Waals surface area contributed by atoms with Crippen molar-refractivity contribution in [3.8, 4) is 11.4 Å². The molecule has 0 spiro atoms. The van der Waals surface area contributed by atoms with Crippen LogP contribution in [0.25, 0.3) is 5.69 Å². The smallest absolute Gasteiger partial charge is 0.329 e. The molecule has 0 saturated heterocycles. The van der Waals surface area contributed by atoms with Crippen LogP contribution in [-0.2, 0) is 14.3 Å². The van der Waals surface area contributed by atoms with Crippen molar-refractivity contribution < 1.29 is 23.5 Å². The predicted molar refractivity (Wildman–Crippen MR) is 117 cm³/mol. The van der Waals surface area contributed by atoms with Crippen LogP contribution in [0, 0.1) is 12.7 Å². The molecule has 1 heterocycles. The summed E-state index contributed by atoms with van der Waals surface area (Å²) in [4.78, 5) is 25.0. The van der Waals surface area contributed by atoms with Gasteiger partial charge in [-0.25, -0.2) is 13.9 Å². The van der Waals surface area contributed by atoms with Gasteiger partial charge in [-0.3, -0.25) is 10.1 Å². The lowest BCUT2D eigenvalue weighted by molar-refractivity contribution is -0.149. The maximum atomic E-state index is 13.2. The summed E-state index contributed by atoms with van der Waals surface area (Å²) in [5.41, 5.74) is 0.0151. The summed E-state index contributed by atoms with van der Waals surface area (Å²) in [6.45, 7) is 3.16.